The van der Waals surface area contributed by atoms with E-state index in [9.17, 15) is 9.59 Å². The molecule has 1 N–H and O–H groups in total. The summed E-state index contributed by atoms with van der Waals surface area (Å²) in [5.74, 6) is 1.75. The summed E-state index contributed by atoms with van der Waals surface area (Å²) in [6, 6.07) is 13.4. The van der Waals surface area contributed by atoms with E-state index in [1.54, 1.807) is 26.2 Å². The predicted molar refractivity (Wildman–Crippen MR) is 118 cm³/mol. The van der Waals surface area contributed by atoms with Crippen molar-refractivity contribution in [2.24, 2.45) is 0 Å². The second-order valence-electron chi connectivity index (χ2n) is 6.67. The highest BCUT2D eigenvalue weighted by Gasteiger charge is 2.12. The first kappa shape index (κ1) is 22.6. The number of aryl methyl sites for hydroxylation is 1. The number of thioether (sulfide) groups is 1. The predicted octanol–water partition coefficient (Wildman–Crippen LogP) is 3.39. The first-order valence-corrected chi connectivity index (χ1v) is 10.5. The van der Waals surface area contributed by atoms with Crippen molar-refractivity contribution in [2.75, 3.05) is 44.6 Å². The first-order valence-electron chi connectivity index (χ1n) is 9.32. The molecular weight excluding hydrogens is 388 g/mol. The number of benzene rings is 2. The Hall–Kier alpha value is -2.67. The topological polar surface area (TPSA) is 67.9 Å². The zero-order chi connectivity index (χ0) is 21.2. The Morgan fingerprint density at radius 3 is 2.48 bits per heavy atom. The maximum atomic E-state index is 12.3. The smallest absolute Gasteiger partial charge is 0.234 e. The molecule has 6 nitrogen and oxygen atoms in total. The van der Waals surface area contributed by atoms with E-state index in [4.69, 9.17) is 9.47 Å². The molecule has 0 radical (unpaired) electrons. The molecule has 2 amide bonds. The van der Waals surface area contributed by atoms with Gasteiger partial charge in [-0.1, -0.05) is 18.2 Å². The summed E-state index contributed by atoms with van der Waals surface area (Å²) in [5, 5.41) is 2.85. The van der Waals surface area contributed by atoms with Crippen LogP contribution < -0.4 is 14.8 Å². The molecule has 0 saturated carbocycles. The lowest BCUT2D eigenvalue weighted by Gasteiger charge is -2.17. The number of carbonyl (C=O) groups excluding carboxylic acids is 2. The van der Waals surface area contributed by atoms with Gasteiger partial charge in [0.05, 0.1) is 25.7 Å². The summed E-state index contributed by atoms with van der Waals surface area (Å²) >= 11 is 1.31. The van der Waals surface area contributed by atoms with Crippen LogP contribution >= 0.6 is 11.8 Å². The fraction of sp³-hybridized carbons (Fsp3) is 0.364. The molecular formula is C22H28N2O4S. The van der Waals surface area contributed by atoms with Gasteiger partial charge in [-0.3, -0.25) is 9.59 Å². The molecule has 2 aromatic carbocycles. The summed E-state index contributed by atoms with van der Waals surface area (Å²) < 4.78 is 10.5. The lowest BCUT2D eigenvalue weighted by Crippen LogP contribution is -2.30. The number of anilines is 1. The normalized spacial score (nSPS) is 10.3. The highest BCUT2D eigenvalue weighted by Crippen LogP contribution is 2.27. The van der Waals surface area contributed by atoms with Gasteiger partial charge >= 0.3 is 0 Å². The lowest BCUT2D eigenvalue weighted by atomic mass is 10.1. The van der Waals surface area contributed by atoms with Crippen LogP contribution in [0.1, 0.15) is 11.1 Å². The average Bonchev–Trinajstić information content (AvgIpc) is 2.71. The van der Waals surface area contributed by atoms with Gasteiger partial charge < -0.3 is 19.7 Å². The van der Waals surface area contributed by atoms with Crippen molar-refractivity contribution in [3.05, 3.63) is 53.6 Å². The Labute approximate surface area is 176 Å². The van der Waals surface area contributed by atoms with Gasteiger partial charge in [-0.25, -0.2) is 0 Å². The average molecular weight is 417 g/mol. The van der Waals surface area contributed by atoms with Gasteiger partial charge in [0.25, 0.3) is 0 Å². The molecule has 0 aliphatic heterocycles. The van der Waals surface area contributed by atoms with E-state index in [2.05, 4.69) is 5.32 Å². The molecule has 0 unspecified atom stereocenters. The van der Waals surface area contributed by atoms with Gasteiger partial charge in [0.1, 0.15) is 0 Å². The van der Waals surface area contributed by atoms with Gasteiger partial charge in [0, 0.05) is 19.3 Å². The molecule has 0 heterocycles. The van der Waals surface area contributed by atoms with Crippen LogP contribution in [0.4, 0.5) is 5.69 Å². The summed E-state index contributed by atoms with van der Waals surface area (Å²) in [4.78, 5) is 26.0. The number of methoxy groups -OCH3 is 2. The number of amides is 2. The van der Waals surface area contributed by atoms with Crippen LogP contribution in [0.3, 0.4) is 0 Å². The Bertz CT molecular complexity index is 841. The summed E-state index contributed by atoms with van der Waals surface area (Å²) in [6.07, 6.45) is 0.709. The SMILES string of the molecule is COc1ccc(CCN(C)C(=O)CSCC(=O)Nc2cccc(C)c2)cc1OC. The number of rotatable bonds is 10. The third-order valence-electron chi connectivity index (χ3n) is 4.37. The lowest BCUT2D eigenvalue weighted by molar-refractivity contribution is -0.127. The molecule has 0 spiro atoms. The van der Waals surface area contributed by atoms with Gasteiger partial charge in [-0.05, 0) is 48.7 Å². The number of ether oxygens (including phenoxy) is 2. The van der Waals surface area contributed by atoms with Crippen LogP contribution in [-0.4, -0.2) is 56.0 Å². The zero-order valence-electron chi connectivity index (χ0n) is 17.4. The standard InChI is InChI=1S/C22H28N2O4S/c1-16-6-5-7-18(12-16)23-21(25)14-29-15-22(26)24(2)11-10-17-8-9-19(27-3)20(13-17)28-4/h5-9,12-13H,10-11,14-15H2,1-4H3,(H,23,25). The molecule has 0 atom stereocenters. The highest BCUT2D eigenvalue weighted by molar-refractivity contribution is 8.00. The van der Waals surface area contributed by atoms with Crippen LogP contribution in [0, 0.1) is 6.92 Å². The quantitative estimate of drug-likeness (QED) is 0.643. The molecule has 7 heteroatoms. The van der Waals surface area contributed by atoms with E-state index in [1.165, 1.54) is 11.8 Å². The fourth-order valence-electron chi connectivity index (χ4n) is 2.72. The van der Waals surface area contributed by atoms with Crippen molar-refractivity contribution in [2.45, 2.75) is 13.3 Å². The third kappa shape index (κ3) is 7.34. The van der Waals surface area contributed by atoms with Gasteiger partial charge in [-0.2, -0.15) is 0 Å². The molecule has 29 heavy (non-hydrogen) atoms. The van der Waals surface area contributed by atoms with Crippen LogP contribution in [0.25, 0.3) is 0 Å². The fourth-order valence-corrected chi connectivity index (χ4v) is 3.47. The van der Waals surface area contributed by atoms with Crippen molar-refractivity contribution in [3.63, 3.8) is 0 Å². The van der Waals surface area contributed by atoms with Crippen molar-refractivity contribution in [1.29, 1.82) is 0 Å². The van der Waals surface area contributed by atoms with E-state index in [0.717, 1.165) is 16.8 Å². The van der Waals surface area contributed by atoms with Crippen LogP contribution in [0.2, 0.25) is 0 Å². The Balaban J connectivity index is 1.72. The molecule has 0 aliphatic rings. The largest absolute Gasteiger partial charge is 0.493 e. The summed E-state index contributed by atoms with van der Waals surface area (Å²) in [5.41, 5.74) is 2.92. The Kier molecular flexibility index (Phi) is 8.86. The third-order valence-corrected chi connectivity index (χ3v) is 5.29. The molecule has 2 aromatic rings. The Morgan fingerprint density at radius 2 is 1.79 bits per heavy atom. The number of hydrogen-bond acceptors (Lipinski definition) is 5. The van der Waals surface area contributed by atoms with Crippen molar-refractivity contribution >= 4 is 29.3 Å². The zero-order valence-corrected chi connectivity index (χ0v) is 18.2. The van der Waals surface area contributed by atoms with Crippen molar-refractivity contribution in [1.82, 2.24) is 4.90 Å². The van der Waals surface area contributed by atoms with Crippen LogP contribution in [0.15, 0.2) is 42.5 Å². The van der Waals surface area contributed by atoms with Crippen molar-refractivity contribution in [3.8, 4) is 11.5 Å². The number of nitrogens with one attached hydrogen (secondary N) is 1. The van der Waals surface area contributed by atoms with E-state index in [1.807, 2.05) is 49.4 Å². The second kappa shape index (κ2) is 11.4. The molecule has 0 aliphatic carbocycles. The van der Waals surface area contributed by atoms with E-state index >= 15 is 0 Å². The van der Waals surface area contributed by atoms with Crippen LogP contribution in [-0.2, 0) is 16.0 Å². The maximum Gasteiger partial charge on any atom is 0.234 e. The van der Waals surface area contributed by atoms with Gasteiger partial charge in [0.2, 0.25) is 11.8 Å². The van der Waals surface area contributed by atoms with E-state index < -0.39 is 0 Å². The van der Waals surface area contributed by atoms with Gasteiger partial charge in [-0.15, -0.1) is 11.8 Å². The summed E-state index contributed by atoms with van der Waals surface area (Å²) in [7, 11) is 4.98. The number of carbonyl (C=O) groups is 2. The van der Waals surface area contributed by atoms with Gasteiger partial charge in [0.15, 0.2) is 11.5 Å². The number of hydrogen-bond donors (Lipinski definition) is 1. The molecule has 2 rings (SSSR count). The molecule has 156 valence electrons. The minimum atomic E-state index is -0.110. The van der Waals surface area contributed by atoms with E-state index in [-0.39, 0.29) is 23.3 Å². The maximum absolute atomic E-state index is 12.3. The minimum absolute atomic E-state index is 0.00108. The highest BCUT2D eigenvalue weighted by atomic mass is 32.2. The molecule has 0 bridgehead atoms. The Morgan fingerprint density at radius 1 is 1.03 bits per heavy atom. The number of likely N-dealkylation sites (N-methyl/N-ethyl adjacent to an activating group) is 1. The molecule has 0 aromatic heterocycles. The molecule has 0 saturated heterocycles. The minimum Gasteiger partial charge on any atom is -0.493 e. The van der Waals surface area contributed by atoms with E-state index in [0.29, 0.717) is 24.5 Å². The summed E-state index contributed by atoms with van der Waals surface area (Å²) in [6.45, 7) is 2.56. The monoisotopic (exact) mass is 416 g/mol. The van der Waals surface area contributed by atoms with Crippen LogP contribution in [0.5, 0.6) is 11.5 Å². The first-order chi connectivity index (χ1) is 13.9. The van der Waals surface area contributed by atoms with Crippen molar-refractivity contribution < 1.29 is 19.1 Å². The second-order valence-corrected chi connectivity index (χ2v) is 7.65. The number of nitrogens with zero attached hydrogens (tertiary/aromatic N) is 1. The molecule has 0 fully saturated rings.